The monoisotopic (exact) mass is 477 g/mol. The second kappa shape index (κ2) is 9.44. The predicted molar refractivity (Wildman–Crippen MR) is 130 cm³/mol. The maximum Gasteiger partial charge on any atom is 0.125 e. The second-order valence-corrected chi connectivity index (χ2v) is 9.40. The number of ether oxygens (including phenoxy) is 1. The SMILES string of the molecule is O=S([O-])Nc1ccccc1-c1ccc2c(c1)OC[C@@H](Cc1csc(-c3ccccc3)n1)[C@@H]2O. The van der Waals surface area contributed by atoms with E-state index in [0.29, 0.717) is 24.5 Å². The van der Waals surface area contributed by atoms with E-state index >= 15 is 0 Å². The van der Waals surface area contributed by atoms with Gasteiger partial charge in [-0.1, -0.05) is 60.7 Å². The Kier molecular flexibility index (Phi) is 6.24. The minimum absolute atomic E-state index is 0.106. The van der Waals surface area contributed by atoms with Crippen LogP contribution in [0.25, 0.3) is 21.7 Å². The summed E-state index contributed by atoms with van der Waals surface area (Å²) >= 11 is -0.820. The fourth-order valence-electron chi connectivity index (χ4n) is 4.08. The summed E-state index contributed by atoms with van der Waals surface area (Å²) in [5.74, 6) is 0.503. The lowest BCUT2D eigenvalue weighted by Crippen LogP contribution is -2.27. The zero-order valence-electron chi connectivity index (χ0n) is 17.5. The Morgan fingerprint density at radius 1 is 1.09 bits per heavy atom. The van der Waals surface area contributed by atoms with E-state index in [1.54, 1.807) is 23.5 Å². The minimum atomic E-state index is -2.42. The largest absolute Gasteiger partial charge is 0.755 e. The highest BCUT2D eigenvalue weighted by atomic mass is 32.2. The molecule has 1 aromatic heterocycles. The molecule has 0 amide bonds. The maximum absolute atomic E-state index is 11.1. The van der Waals surface area contributed by atoms with Crippen molar-refractivity contribution in [2.45, 2.75) is 12.5 Å². The van der Waals surface area contributed by atoms with Gasteiger partial charge in [-0.3, -0.25) is 4.21 Å². The van der Waals surface area contributed by atoms with E-state index in [-0.39, 0.29) is 5.92 Å². The van der Waals surface area contributed by atoms with E-state index in [1.165, 1.54) is 0 Å². The summed E-state index contributed by atoms with van der Waals surface area (Å²) in [7, 11) is 0. The summed E-state index contributed by atoms with van der Waals surface area (Å²) in [6.45, 7) is 0.375. The van der Waals surface area contributed by atoms with Crippen molar-refractivity contribution in [1.29, 1.82) is 0 Å². The van der Waals surface area contributed by atoms with Crippen LogP contribution in [-0.2, 0) is 17.7 Å². The summed E-state index contributed by atoms with van der Waals surface area (Å²) < 4.78 is 30.7. The highest BCUT2D eigenvalue weighted by Gasteiger charge is 2.30. The highest BCUT2D eigenvalue weighted by Crippen LogP contribution is 2.40. The molecule has 3 aromatic carbocycles. The van der Waals surface area contributed by atoms with Crippen LogP contribution < -0.4 is 9.46 Å². The predicted octanol–water partition coefficient (Wildman–Crippen LogP) is 4.97. The van der Waals surface area contributed by atoms with Gasteiger partial charge in [0.05, 0.1) is 24.1 Å². The normalized spacial score (nSPS) is 18.2. The molecule has 8 heteroatoms. The molecule has 168 valence electrons. The van der Waals surface area contributed by atoms with E-state index < -0.39 is 17.4 Å². The molecular formula is C25H21N2O4S2-. The zero-order chi connectivity index (χ0) is 22.8. The van der Waals surface area contributed by atoms with Gasteiger partial charge in [-0.2, -0.15) is 0 Å². The van der Waals surface area contributed by atoms with Gasteiger partial charge in [0.2, 0.25) is 0 Å². The van der Waals surface area contributed by atoms with Gasteiger partial charge in [0.25, 0.3) is 0 Å². The molecule has 33 heavy (non-hydrogen) atoms. The smallest absolute Gasteiger partial charge is 0.125 e. The molecule has 3 atom stereocenters. The van der Waals surface area contributed by atoms with Crippen molar-refractivity contribution in [2.75, 3.05) is 11.3 Å². The molecular weight excluding hydrogens is 456 g/mol. The van der Waals surface area contributed by atoms with Gasteiger partial charge in [-0.05, 0) is 24.1 Å². The Hall–Kier alpha value is -3.04. The average molecular weight is 478 g/mol. The molecule has 5 rings (SSSR count). The lowest BCUT2D eigenvalue weighted by molar-refractivity contribution is 0.0504. The van der Waals surface area contributed by atoms with Crippen molar-refractivity contribution in [3.8, 4) is 27.4 Å². The topological polar surface area (TPSA) is 94.5 Å². The van der Waals surface area contributed by atoms with Crippen molar-refractivity contribution in [2.24, 2.45) is 5.92 Å². The van der Waals surface area contributed by atoms with E-state index in [9.17, 15) is 13.9 Å². The first-order valence-electron chi connectivity index (χ1n) is 10.5. The van der Waals surface area contributed by atoms with Crippen LogP contribution in [0.15, 0.2) is 78.2 Å². The number of aliphatic hydroxyl groups excluding tert-OH is 1. The number of hydrogen-bond donors (Lipinski definition) is 2. The van der Waals surface area contributed by atoms with Gasteiger partial charge >= 0.3 is 0 Å². The van der Waals surface area contributed by atoms with Crippen LogP contribution >= 0.6 is 11.3 Å². The fraction of sp³-hybridized carbons (Fsp3) is 0.160. The number of nitrogens with one attached hydrogen (secondary N) is 1. The summed E-state index contributed by atoms with van der Waals surface area (Å²) in [4.78, 5) is 4.75. The van der Waals surface area contributed by atoms with E-state index in [0.717, 1.165) is 33.0 Å². The lowest BCUT2D eigenvalue weighted by atomic mass is 9.88. The molecule has 0 aliphatic carbocycles. The number of thiazole rings is 1. The van der Waals surface area contributed by atoms with Crippen molar-refractivity contribution in [3.63, 3.8) is 0 Å². The number of aromatic nitrogens is 1. The Labute approximate surface area is 198 Å². The van der Waals surface area contributed by atoms with Gasteiger partial charge in [-0.15, -0.1) is 11.3 Å². The van der Waals surface area contributed by atoms with Crippen LogP contribution in [0.5, 0.6) is 5.75 Å². The molecule has 2 heterocycles. The number of hydrogen-bond acceptors (Lipinski definition) is 6. The standard InChI is InChI=1S/C25H22N2O4S2/c28-24-18(12-19-15-32-25(26-19)16-6-2-1-3-7-16)14-31-23-13-17(10-11-21(23)24)20-8-4-5-9-22(20)27-33(29)30/h1-11,13,15,18,24,27-28H,12,14H2,(H,29,30)/p-1/t18-,24+/m1/s1. The summed E-state index contributed by atoms with van der Waals surface area (Å²) in [6.07, 6.45) is -0.0551. The molecule has 0 fully saturated rings. The van der Waals surface area contributed by atoms with Crippen molar-refractivity contribution in [3.05, 3.63) is 89.4 Å². The molecule has 0 saturated heterocycles. The fourth-order valence-corrected chi connectivity index (χ4v) is 5.28. The molecule has 1 aliphatic rings. The Morgan fingerprint density at radius 2 is 1.88 bits per heavy atom. The van der Waals surface area contributed by atoms with E-state index in [4.69, 9.17) is 9.72 Å². The van der Waals surface area contributed by atoms with Gasteiger partial charge in [0.15, 0.2) is 0 Å². The molecule has 0 bridgehead atoms. The van der Waals surface area contributed by atoms with Gasteiger partial charge < -0.3 is 19.1 Å². The van der Waals surface area contributed by atoms with Gasteiger partial charge in [0.1, 0.15) is 10.8 Å². The number of nitrogens with zero attached hydrogens (tertiary/aromatic N) is 1. The van der Waals surface area contributed by atoms with Gasteiger partial charge in [0, 0.05) is 39.3 Å². The van der Waals surface area contributed by atoms with Crippen LogP contribution in [0.1, 0.15) is 17.4 Å². The van der Waals surface area contributed by atoms with E-state index in [2.05, 4.69) is 4.72 Å². The molecule has 1 aliphatic heterocycles. The van der Waals surface area contributed by atoms with Crippen LogP contribution in [0.3, 0.4) is 0 Å². The van der Waals surface area contributed by atoms with Gasteiger partial charge in [-0.25, -0.2) is 4.98 Å². The average Bonchev–Trinajstić information content (AvgIpc) is 3.30. The third kappa shape index (κ3) is 4.69. The number of fused-ring (bicyclic) bond motifs is 1. The third-order valence-corrected chi connectivity index (χ3v) is 7.03. The first-order chi connectivity index (χ1) is 16.1. The number of anilines is 1. The first kappa shape index (κ1) is 21.8. The number of rotatable bonds is 6. The van der Waals surface area contributed by atoms with Crippen molar-refractivity contribution in [1.82, 2.24) is 4.98 Å². The molecule has 2 N–H and O–H groups in total. The Morgan fingerprint density at radius 3 is 2.70 bits per heavy atom. The maximum atomic E-state index is 11.1. The van der Waals surface area contributed by atoms with Crippen LogP contribution in [0.2, 0.25) is 0 Å². The molecule has 0 saturated carbocycles. The Bertz CT molecular complexity index is 1290. The highest BCUT2D eigenvalue weighted by molar-refractivity contribution is 7.80. The number of benzene rings is 3. The van der Waals surface area contributed by atoms with Crippen LogP contribution in [0, 0.1) is 5.92 Å². The molecule has 4 aromatic rings. The Balaban J connectivity index is 1.35. The van der Waals surface area contributed by atoms with Crippen LogP contribution in [0.4, 0.5) is 5.69 Å². The summed E-state index contributed by atoms with van der Waals surface area (Å²) in [6, 6.07) is 22.8. The third-order valence-electron chi connectivity index (χ3n) is 5.71. The summed E-state index contributed by atoms with van der Waals surface area (Å²) in [5, 5.41) is 14.0. The number of para-hydroxylation sites is 1. The van der Waals surface area contributed by atoms with Crippen molar-refractivity contribution >= 4 is 28.3 Å². The molecule has 0 radical (unpaired) electrons. The number of aliphatic hydroxyl groups is 1. The summed E-state index contributed by atoms with van der Waals surface area (Å²) in [5.41, 5.74) is 4.78. The second-order valence-electron chi connectivity index (χ2n) is 7.87. The molecule has 0 spiro atoms. The van der Waals surface area contributed by atoms with Crippen molar-refractivity contribution < 1.29 is 18.6 Å². The minimum Gasteiger partial charge on any atom is -0.755 e. The lowest BCUT2D eigenvalue weighted by Gasteiger charge is -2.30. The molecule has 6 nitrogen and oxygen atoms in total. The van der Waals surface area contributed by atoms with Crippen LogP contribution in [-0.4, -0.2) is 25.5 Å². The first-order valence-corrected chi connectivity index (χ1v) is 12.4. The van der Waals surface area contributed by atoms with E-state index in [1.807, 2.05) is 66.0 Å². The quantitative estimate of drug-likeness (QED) is 0.383. The molecule has 1 unspecified atom stereocenters. The zero-order valence-corrected chi connectivity index (χ0v) is 19.1.